The van der Waals surface area contributed by atoms with E-state index in [1.54, 1.807) is 12.1 Å². The number of rotatable bonds is 7. The van der Waals surface area contributed by atoms with E-state index in [2.05, 4.69) is 31.9 Å². The van der Waals surface area contributed by atoms with E-state index in [-0.39, 0.29) is 17.0 Å². The zero-order valence-electron chi connectivity index (χ0n) is 19.7. The van der Waals surface area contributed by atoms with Gasteiger partial charge in [0.05, 0.1) is 14.5 Å². The minimum absolute atomic E-state index is 0.0631. The smallest absolute Gasteiger partial charge is 0.416 e. The van der Waals surface area contributed by atoms with Gasteiger partial charge >= 0.3 is 12.1 Å². The number of ether oxygens (including phenoxy) is 1. The molecule has 4 aromatic rings. The second kappa shape index (κ2) is 11.5. The number of hydrogen-bond acceptors (Lipinski definition) is 4. The molecule has 0 heterocycles. The Morgan fingerprint density at radius 2 is 1.49 bits per heavy atom. The van der Waals surface area contributed by atoms with E-state index in [0.717, 1.165) is 34.7 Å². The fourth-order valence-electron chi connectivity index (χ4n) is 3.72. The number of phenolic OH excluding ortho intramolecular Hbond substituents is 1. The second-order valence-electron chi connectivity index (χ2n) is 8.25. The number of carbonyl (C=O) groups excluding carboxylic acids is 1. The van der Waals surface area contributed by atoms with Crippen LogP contribution in [0.2, 0.25) is 0 Å². The summed E-state index contributed by atoms with van der Waals surface area (Å²) >= 11 is 6.78. The number of phenols is 1. The van der Waals surface area contributed by atoms with Crippen LogP contribution in [0.15, 0.2) is 93.9 Å². The van der Waals surface area contributed by atoms with E-state index in [9.17, 15) is 33.0 Å². The number of carboxylic acid groups (broad SMARTS) is 1. The van der Waals surface area contributed by atoms with Crippen LogP contribution in [-0.2, 0) is 11.0 Å². The van der Waals surface area contributed by atoms with Gasteiger partial charge in [-0.2, -0.15) is 13.2 Å². The van der Waals surface area contributed by atoms with Crippen LogP contribution in [0.25, 0.3) is 11.1 Å². The van der Waals surface area contributed by atoms with E-state index in [4.69, 9.17) is 4.74 Å². The highest BCUT2D eigenvalue weighted by Crippen LogP contribution is 2.42. The first-order valence-electron chi connectivity index (χ1n) is 11.2. The van der Waals surface area contributed by atoms with Crippen molar-refractivity contribution in [2.75, 3.05) is 11.4 Å². The summed E-state index contributed by atoms with van der Waals surface area (Å²) in [5.74, 6) is -1.36. The zero-order valence-corrected chi connectivity index (χ0v) is 22.9. The lowest BCUT2D eigenvalue weighted by molar-refractivity contribution is -0.137. The number of aliphatic carboxylic acids is 1. The van der Waals surface area contributed by atoms with Crippen molar-refractivity contribution in [1.29, 1.82) is 0 Å². The van der Waals surface area contributed by atoms with Crippen molar-refractivity contribution in [2.45, 2.75) is 6.18 Å². The SMILES string of the molecule is O=C(O)CN(C(=O)c1ccc(C(F)(F)F)cc1)c1cc(Br)c(Oc2ccc(O)c(-c3ccccc3)c2)c(Br)c1. The Morgan fingerprint density at radius 3 is 2.05 bits per heavy atom. The van der Waals surface area contributed by atoms with E-state index in [0.29, 0.717) is 26.0 Å². The lowest BCUT2D eigenvalue weighted by atomic mass is 10.0. The minimum Gasteiger partial charge on any atom is -0.507 e. The maximum Gasteiger partial charge on any atom is 0.416 e. The molecule has 0 saturated carbocycles. The van der Waals surface area contributed by atoms with E-state index >= 15 is 0 Å². The number of amides is 1. The summed E-state index contributed by atoms with van der Waals surface area (Å²) in [6, 6.07) is 20.4. The molecular weight excluding hydrogens is 647 g/mol. The van der Waals surface area contributed by atoms with Gasteiger partial charge in [-0.25, -0.2) is 0 Å². The lowest BCUT2D eigenvalue weighted by Gasteiger charge is -2.23. The Labute approximate surface area is 237 Å². The molecule has 11 heteroatoms. The standard InChI is InChI=1S/C28H18Br2F3NO5/c29-22-12-19(34(15-25(36)37)27(38)17-6-8-18(9-7-17)28(31,32)33)13-23(30)26(22)39-20-10-11-24(35)21(14-20)16-4-2-1-3-5-16/h1-14,35H,15H2,(H,36,37). The van der Waals surface area contributed by atoms with E-state index < -0.39 is 30.2 Å². The van der Waals surface area contributed by atoms with Gasteiger partial charge in [0, 0.05) is 16.8 Å². The number of aromatic hydroxyl groups is 1. The third kappa shape index (κ3) is 6.61. The second-order valence-corrected chi connectivity index (χ2v) is 9.95. The van der Waals surface area contributed by atoms with Crippen molar-refractivity contribution < 1.29 is 37.7 Å². The fraction of sp³-hybridized carbons (Fsp3) is 0.0714. The highest BCUT2D eigenvalue weighted by molar-refractivity contribution is 9.11. The Hall–Kier alpha value is -3.83. The number of benzene rings is 4. The Kier molecular flexibility index (Phi) is 8.31. The number of carboxylic acids is 1. The molecule has 0 aromatic heterocycles. The number of halogens is 5. The van der Waals surface area contributed by atoms with Gasteiger partial charge in [-0.05, 0) is 92.0 Å². The van der Waals surface area contributed by atoms with Gasteiger partial charge in [0.15, 0.2) is 5.75 Å². The first-order chi connectivity index (χ1) is 18.4. The molecular formula is C28H18Br2F3NO5. The minimum atomic E-state index is -4.58. The van der Waals surface area contributed by atoms with Crippen molar-refractivity contribution in [3.8, 4) is 28.4 Å². The van der Waals surface area contributed by atoms with E-state index in [1.807, 2.05) is 30.3 Å². The lowest BCUT2D eigenvalue weighted by Crippen LogP contribution is -2.35. The molecule has 0 aliphatic carbocycles. The molecule has 2 N–H and O–H groups in total. The van der Waals surface area contributed by atoms with Crippen LogP contribution in [-0.4, -0.2) is 28.6 Å². The first kappa shape index (κ1) is 28.2. The van der Waals surface area contributed by atoms with Crippen molar-refractivity contribution in [1.82, 2.24) is 0 Å². The van der Waals surface area contributed by atoms with Crippen LogP contribution in [0.1, 0.15) is 15.9 Å². The van der Waals surface area contributed by atoms with Gasteiger partial charge < -0.3 is 14.9 Å². The molecule has 6 nitrogen and oxygen atoms in total. The van der Waals surface area contributed by atoms with Crippen molar-refractivity contribution >= 4 is 49.4 Å². The van der Waals surface area contributed by atoms with Crippen LogP contribution < -0.4 is 9.64 Å². The predicted octanol–water partition coefficient (Wildman–Crippen LogP) is 8.13. The normalized spacial score (nSPS) is 11.2. The molecule has 39 heavy (non-hydrogen) atoms. The topological polar surface area (TPSA) is 87.1 Å². The van der Waals surface area contributed by atoms with Crippen LogP contribution in [0.3, 0.4) is 0 Å². The zero-order chi connectivity index (χ0) is 28.3. The third-order valence-electron chi connectivity index (χ3n) is 5.57. The summed E-state index contributed by atoms with van der Waals surface area (Å²) in [5.41, 5.74) is 0.436. The van der Waals surface area contributed by atoms with Crippen LogP contribution in [0, 0.1) is 0 Å². The molecule has 0 aliphatic heterocycles. The van der Waals surface area contributed by atoms with Crippen LogP contribution >= 0.6 is 31.9 Å². The molecule has 1 amide bonds. The summed E-state index contributed by atoms with van der Waals surface area (Å²) in [6.07, 6.45) is -4.58. The van der Waals surface area contributed by atoms with Gasteiger partial charge in [-0.3, -0.25) is 14.5 Å². The molecule has 0 bridgehead atoms. The Bertz CT molecular complexity index is 1500. The van der Waals surface area contributed by atoms with Crippen LogP contribution in [0.5, 0.6) is 17.2 Å². The average Bonchev–Trinajstić information content (AvgIpc) is 2.89. The number of anilines is 1. The molecule has 0 fully saturated rings. The molecule has 0 saturated heterocycles. The molecule has 4 rings (SSSR count). The van der Waals surface area contributed by atoms with Crippen molar-refractivity contribution in [3.63, 3.8) is 0 Å². The maximum atomic E-state index is 13.1. The van der Waals surface area contributed by atoms with Gasteiger partial charge in [0.1, 0.15) is 18.0 Å². The average molecular weight is 665 g/mol. The van der Waals surface area contributed by atoms with Gasteiger partial charge in [0.2, 0.25) is 0 Å². The summed E-state index contributed by atoms with van der Waals surface area (Å²) in [6.45, 7) is -0.739. The molecule has 4 aromatic carbocycles. The highest BCUT2D eigenvalue weighted by atomic mass is 79.9. The molecule has 0 spiro atoms. The highest BCUT2D eigenvalue weighted by Gasteiger charge is 2.31. The summed E-state index contributed by atoms with van der Waals surface area (Å²) in [4.78, 5) is 25.6. The van der Waals surface area contributed by atoms with Gasteiger partial charge in [-0.1, -0.05) is 30.3 Å². The molecule has 0 unspecified atom stereocenters. The quantitative estimate of drug-likeness (QED) is 0.208. The van der Waals surface area contributed by atoms with Crippen LogP contribution in [0.4, 0.5) is 18.9 Å². The largest absolute Gasteiger partial charge is 0.507 e. The monoisotopic (exact) mass is 663 g/mol. The molecule has 0 atom stereocenters. The number of nitrogens with zero attached hydrogens (tertiary/aromatic N) is 1. The fourth-order valence-corrected chi connectivity index (χ4v) is 5.04. The first-order valence-corrected chi connectivity index (χ1v) is 12.8. The summed E-state index contributed by atoms with van der Waals surface area (Å²) < 4.78 is 45.5. The van der Waals surface area contributed by atoms with Gasteiger partial charge in [0.25, 0.3) is 5.91 Å². The van der Waals surface area contributed by atoms with Gasteiger partial charge in [-0.15, -0.1) is 0 Å². The number of hydrogen-bond donors (Lipinski definition) is 2. The Morgan fingerprint density at radius 1 is 0.872 bits per heavy atom. The number of alkyl halides is 3. The summed E-state index contributed by atoms with van der Waals surface area (Å²) in [5, 5.41) is 19.7. The molecule has 0 aliphatic rings. The van der Waals surface area contributed by atoms with Crippen molar-refractivity contribution in [3.05, 3.63) is 105 Å². The van der Waals surface area contributed by atoms with E-state index in [1.165, 1.54) is 18.2 Å². The number of carbonyl (C=O) groups is 2. The Balaban J connectivity index is 1.65. The summed E-state index contributed by atoms with van der Waals surface area (Å²) in [7, 11) is 0. The van der Waals surface area contributed by atoms with Crippen molar-refractivity contribution in [2.24, 2.45) is 0 Å². The third-order valence-corrected chi connectivity index (χ3v) is 6.74. The predicted molar refractivity (Wildman–Crippen MR) is 146 cm³/mol. The molecule has 200 valence electrons. The maximum absolute atomic E-state index is 13.1. The molecule has 0 radical (unpaired) electrons.